The molecule has 106 valence electrons. The van der Waals surface area contributed by atoms with E-state index >= 15 is 0 Å². The topological polar surface area (TPSA) is 61.8 Å². The van der Waals surface area contributed by atoms with Crippen LogP contribution in [0.15, 0.2) is 0 Å². The minimum atomic E-state index is -0.625. The highest BCUT2D eigenvalue weighted by Gasteiger charge is 2.61. The maximum absolute atomic E-state index is 11.5. The van der Waals surface area contributed by atoms with Gasteiger partial charge >= 0.3 is 12.1 Å². The molecular formula is C14H20O5. The monoisotopic (exact) mass is 268 g/mol. The van der Waals surface area contributed by atoms with Crippen LogP contribution in [0.4, 0.5) is 4.79 Å². The first kappa shape index (κ1) is 12.8. The average molecular weight is 268 g/mol. The lowest BCUT2D eigenvalue weighted by molar-refractivity contribution is -0.221. The van der Waals surface area contributed by atoms with Crippen molar-refractivity contribution in [1.82, 2.24) is 0 Å². The number of carbonyl (C=O) groups is 2. The van der Waals surface area contributed by atoms with E-state index in [9.17, 15) is 9.59 Å². The van der Waals surface area contributed by atoms with Gasteiger partial charge in [-0.15, -0.1) is 0 Å². The van der Waals surface area contributed by atoms with E-state index in [2.05, 4.69) is 4.74 Å². The Kier molecular flexibility index (Phi) is 2.76. The van der Waals surface area contributed by atoms with E-state index in [1.807, 2.05) is 0 Å². The minimum absolute atomic E-state index is 0.241. The van der Waals surface area contributed by atoms with Gasteiger partial charge in [0.25, 0.3) is 0 Å². The molecule has 0 aromatic heterocycles. The Morgan fingerprint density at radius 3 is 2.00 bits per heavy atom. The van der Waals surface area contributed by atoms with E-state index in [0.717, 1.165) is 32.1 Å². The highest BCUT2D eigenvalue weighted by molar-refractivity contribution is 5.66. The van der Waals surface area contributed by atoms with Crippen LogP contribution in [0.3, 0.4) is 0 Å². The number of hydrogen-bond acceptors (Lipinski definition) is 5. The normalized spacial score (nSPS) is 42.8. The van der Waals surface area contributed by atoms with Crippen LogP contribution in [0.25, 0.3) is 0 Å². The second-order valence-electron chi connectivity index (χ2n) is 6.48. The second-order valence-corrected chi connectivity index (χ2v) is 6.48. The molecule has 4 rings (SSSR count). The molecule has 19 heavy (non-hydrogen) atoms. The van der Waals surface area contributed by atoms with Gasteiger partial charge in [-0.2, -0.15) is 0 Å². The van der Waals surface area contributed by atoms with E-state index in [1.165, 1.54) is 14.0 Å². The van der Waals surface area contributed by atoms with E-state index in [0.29, 0.717) is 18.3 Å². The molecular weight excluding hydrogens is 248 g/mol. The second kappa shape index (κ2) is 4.12. The molecule has 0 aliphatic heterocycles. The Balaban J connectivity index is 1.84. The van der Waals surface area contributed by atoms with Crippen molar-refractivity contribution in [3.05, 3.63) is 0 Å². The van der Waals surface area contributed by atoms with Crippen molar-refractivity contribution in [2.45, 2.75) is 56.7 Å². The zero-order valence-corrected chi connectivity index (χ0v) is 11.4. The van der Waals surface area contributed by atoms with Crippen molar-refractivity contribution in [3.63, 3.8) is 0 Å². The van der Waals surface area contributed by atoms with Crippen molar-refractivity contribution >= 4 is 12.1 Å². The number of rotatable bonds is 2. The Morgan fingerprint density at radius 1 is 1.00 bits per heavy atom. The maximum atomic E-state index is 11.5. The SMILES string of the molecule is COC(=O)OC12CC3C[C@@H](CC(OC(C)=O)(C3)C1)C2. The van der Waals surface area contributed by atoms with Gasteiger partial charge in [-0.25, -0.2) is 4.79 Å². The lowest BCUT2D eigenvalue weighted by Gasteiger charge is -2.59. The fraction of sp³-hybridized carbons (Fsp3) is 0.857. The van der Waals surface area contributed by atoms with Gasteiger partial charge in [0, 0.05) is 13.3 Å². The van der Waals surface area contributed by atoms with Gasteiger partial charge in [0.05, 0.1) is 7.11 Å². The molecule has 4 aliphatic rings. The van der Waals surface area contributed by atoms with Crippen LogP contribution in [-0.4, -0.2) is 30.4 Å². The van der Waals surface area contributed by atoms with Gasteiger partial charge in [0.2, 0.25) is 0 Å². The molecule has 4 atom stereocenters. The summed E-state index contributed by atoms with van der Waals surface area (Å²) in [5.41, 5.74) is -0.892. The van der Waals surface area contributed by atoms with E-state index in [1.54, 1.807) is 0 Å². The van der Waals surface area contributed by atoms with Crippen molar-refractivity contribution < 1.29 is 23.8 Å². The summed E-state index contributed by atoms with van der Waals surface area (Å²) < 4.78 is 15.8. The maximum Gasteiger partial charge on any atom is 0.508 e. The molecule has 4 aliphatic carbocycles. The molecule has 0 spiro atoms. The predicted molar refractivity (Wildman–Crippen MR) is 65.4 cm³/mol. The summed E-state index contributed by atoms with van der Waals surface area (Å²) in [4.78, 5) is 22.8. The summed E-state index contributed by atoms with van der Waals surface area (Å²) in [6.45, 7) is 1.45. The van der Waals surface area contributed by atoms with Gasteiger partial charge in [-0.05, 0) is 43.9 Å². The standard InChI is InChI=1S/C14H20O5/c1-9(15)18-13-4-10-3-11(5-13)7-14(6-10,8-13)19-12(16)17-2/h10-11H,3-8H2,1-2H3/t10-,11?,13?,14?/m0/s1. The summed E-state index contributed by atoms with van der Waals surface area (Å²) in [5, 5.41) is 0. The minimum Gasteiger partial charge on any atom is -0.459 e. The largest absolute Gasteiger partial charge is 0.508 e. The van der Waals surface area contributed by atoms with Crippen LogP contribution in [0.2, 0.25) is 0 Å². The van der Waals surface area contributed by atoms with Crippen molar-refractivity contribution in [2.24, 2.45) is 11.8 Å². The molecule has 5 nitrogen and oxygen atoms in total. The molecule has 0 amide bonds. The molecule has 4 fully saturated rings. The van der Waals surface area contributed by atoms with Crippen LogP contribution in [0.5, 0.6) is 0 Å². The fourth-order valence-corrected chi connectivity index (χ4v) is 4.86. The third kappa shape index (κ3) is 2.19. The molecule has 0 radical (unpaired) electrons. The highest BCUT2D eigenvalue weighted by Crippen LogP contribution is 2.60. The van der Waals surface area contributed by atoms with Crippen molar-refractivity contribution in [1.29, 1.82) is 0 Å². The summed E-state index contributed by atoms with van der Waals surface area (Å²) in [6, 6.07) is 0. The van der Waals surface area contributed by atoms with Gasteiger partial charge < -0.3 is 14.2 Å². The van der Waals surface area contributed by atoms with Crippen molar-refractivity contribution in [2.75, 3.05) is 7.11 Å². The average Bonchev–Trinajstić information content (AvgIpc) is 2.24. The van der Waals surface area contributed by atoms with Gasteiger partial charge in [-0.3, -0.25) is 4.79 Å². The summed E-state index contributed by atoms with van der Waals surface area (Å²) in [7, 11) is 1.32. The van der Waals surface area contributed by atoms with E-state index in [4.69, 9.17) is 9.47 Å². The number of ether oxygens (including phenoxy) is 3. The van der Waals surface area contributed by atoms with E-state index in [-0.39, 0.29) is 5.97 Å². The molecule has 0 aromatic rings. The Bertz CT molecular complexity index is 402. The third-order valence-corrected chi connectivity index (χ3v) is 4.78. The van der Waals surface area contributed by atoms with Crippen LogP contribution in [-0.2, 0) is 19.0 Å². The summed E-state index contributed by atoms with van der Waals surface area (Å²) in [6.07, 6.45) is 4.74. The zero-order valence-electron chi connectivity index (χ0n) is 11.4. The Morgan fingerprint density at radius 2 is 1.53 bits per heavy atom. The quantitative estimate of drug-likeness (QED) is 0.720. The molecule has 3 unspecified atom stereocenters. The third-order valence-electron chi connectivity index (χ3n) is 4.78. The first-order valence-corrected chi connectivity index (χ1v) is 6.91. The number of methoxy groups -OCH3 is 1. The van der Waals surface area contributed by atoms with Crippen LogP contribution >= 0.6 is 0 Å². The molecule has 5 heteroatoms. The molecule has 4 bridgehead atoms. The van der Waals surface area contributed by atoms with Crippen LogP contribution < -0.4 is 0 Å². The molecule has 0 saturated heterocycles. The lowest BCUT2D eigenvalue weighted by atomic mass is 9.52. The highest BCUT2D eigenvalue weighted by atomic mass is 16.7. The van der Waals surface area contributed by atoms with Gasteiger partial charge in [-0.1, -0.05) is 0 Å². The predicted octanol–water partition coefficient (Wildman–Crippen LogP) is 2.42. The molecule has 0 heterocycles. The van der Waals surface area contributed by atoms with E-state index < -0.39 is 17.4 Å². The van der Waals surface area contributed by atoms with Crippen LogP contribution in [0, 0.1) is 11.8 Å². The van der Waals surface area contributed by atoms with Gasteiger partial charge in [0.1, 0.15) is 11.2 Å². The molecule has 0 aromatic carbocycles. The van der Waals surface area contributed by atoms with Gasteiger partial charge in [0.15, 0.2) is 0 Å². The van der Waals surface area contributed by atoms with Crippen molar-refractivity contribution in [3.8, 4) is 0 Å². The first-order valence-electron chi connectivity index (χ1n) is 6.91. The molecule has 4 saturated carbocycles. The number of esters is 1. The Hall–Kier alpha value is -1.26. The Labute approximate surface area is 112 Å². The lowest BCUT2D eigenvalue weighted by Crippen LogP contribution is -2.61. The first-order chi connectivity index (χ1) is 8.94. The molecule has 0 N–H and O–H groups in total. The number of carbonyl (C=O) groups excluding carboxylic acids is 2. The zero-order chi connectivity index (χ0) is 13.7. The van der Waals surface area contributed by atoms with Crippen LogP contribution in [0.1, 0.15) is 45.4 Å². The fourth-order valence-electron chi connectivity index (χ4n) is 4.86. The summed E-state index contributed by atoms with van der Waals surface area (Å²) in [5.74, 6) is 0.741. The smallest absolute Gasteiger partial charge is 0.459 e. The number of hydrogen-bond donors (Lipinski definition) is 0. The summed E-state index contributed by atoms with van der Waals surface area (Å²) >= 11 is 0.